The summed E-state index contributed by atoms with van der Waals surface area (Å²) in [5, 5.41) is 2.74. The first kappa shape index (κ1) is 18.0. The van der Waals surface area contributed by atoms with Gasteiger partial charge in [0.2, 0.25) is 11.8 Å². The van der Waals surface area contributed by atoms with Crippen LogP contribution in [0.2, 0.25) is 0 Å². The number of halogens is 2. The number of benzene rings is 1. The minimum Gasteiger partial charge on any atom is -0.355 e. The van der Waals surface area contributed by atoms with Gasteiger partial charge >= 0.3 is 0 Å². The molecule has 2 amide bonds. The Morgan fingerprint density at radius 1 is 1.15 bits per heavy atom. The molecule has 5 nitrogen and oxygen atoms in total. The number of likely N-dealkylation sites (tertiary alicyclic amines) is 1. The van der Waals surface area contributed by atoms with Crippen LogP contribution in [0.15, 0.2) is 42.7 Å². The van der Waals surface area contributed by atoms with Gasteiger partial charge < -0.3 is 10.2 Å². The molecule has 1 unspecified atom stereocenters. The number of hydrogen-bond acceptors (Lipinski definition) is 3. The highest BCUT2D eigenvalue weighted by atomic mass is 19.1. The van der Waals surface area contributed by atoms with Crippen molar-refractivity contribution in [2.75, 3.05) is 13.1 Å². The van der Waals surface area contributed by atoms with Gasteiger partial charge in [0, 0.05) is 44.5 Å². The van der Waals surface area contributed by atoms with Crippen molar-refractivity contribution in [3.05, 3.63) is 65.5 Å². The maximum Gasteiger partial charge on any atom is 0.225 e. The second-order valence-corrected chi connectivity index (χ2v) is 6.35. The third-order valence-corrected chi connectivity index (χ3v) is 4.34. The smallest absolute Gasteiger partial charge is 0.225 e. The van der Waals surface area contributed by atoms with Crippen molar-refractivity contribution in [3.8, 4) is 0 Å². The predicted molar refractivity (Wildman–Crippen MR) is 90.8 cm³/mol. The molecule has 1 aromatic heterocycles. The molecule has 2 aromatic rings. The van der Waals surface area contributed by atoms with E-state index in [0.717, 1.165) is 11.6 Å². The van der Waals surface area contributed by atoms with Crippen LogP contribution in [0.1, 0.15) is 17.5 Å². The summed E-state index contributed by atoms with van der Waals surface area (Å²) in [4.78, 5) is 30.0. The molecule has 1 saturated heterocycles. The molecule has 0 radical (unpaired) electrons. The summed E-state index contributed by atoms with van der Waals surface area (Å²) in [6, 6.07) is 6.96. The average Bonchev–Trinajstić information content (AvgIpc) is 2.96. The van der Waals surface area contributed by atoms with Gasteiger partial charge in [-0.05, 0) is 41.8 Å². The lowest BCUT2D eigenvalue weighted by Gasteiger charge is -2.16. The van der Waals surface area contributed by atoms with Crippen LogP contribution in [0.4, 0.5) is 8.78 Å². The lowest BCUT2D eigenvalue weighted by atomic mass is 10.1. The lowest BCUT2D eigenvalue weighted by molar-refractivity contribution is -0.129. The highest BCUT2D eigenvalue weighted by Gasteiger charge is 2.33. The van der Waals surface area contributed by atoms with E-state index in [1.807, 2.05) is 12.1 Å². The van der Waals surface area contributed by atoms with Gasteiger partial charge in [-0.3, -0.25) is 14.6 Å². The van der Waals surface area contributed by atoms with E-state index in [2.05, 4.69) is 10.3 Å². The van der Waals surface area contributed by atoms with E-state index in [0.29, 0.717) is 25.1 Å². The number of rotatable bonds is 6. The molecule has 0 bridgehead atoms. The summed E-state index contributed by atoms with van der Waals surface area (Å²) in [7, 11) is 0. The Morgan fingerprint density at radius 2 is 1.85 bits per heavy atom. The van der Waals surface area contributed by atoms with Crippen molar-refractivity contribution in [1.82, 2.24) is 15.2 Å². The van der Waals surface area contributed by atoms with Gasteiger partial charge in [-0.15, -0.1) is 0 Å². The van der Waals surface area contributed by atoms with Crippen molar-refractivity contribution in [2.24, 2.45) is 5.92 Å². The third kappa shape index (κ3) is 4.62. The molecular weight excluding hydrogens is 340 g/mol. The van der Waals surface area contributed by atoms with Gasteiger partial charge in [0.1, 0.15) is 11.6 Å². The maximum absolute atomic E-state index is 13.2. The van der Waals surface area contributed by atoms with Crippen molar-refractivity contribution in [1.29, 1.82) is 0 Å². The number of nitrogens with one attached hydrogen (secondary N) is 1. The van der Waals surface area contributed by atoms with Crippen LogP contribution in [-0.2, 0) is 22.6 Å². The Hall–Kier alpha value is -2.83. The fraction of sp³-hybridized carbons (Fsp3) is 0.316. The zero-order chi connectivity index (χ0) is 18.5. The molecule has 0 saturated carbocycles. The minimum atomic E-state index is -0.639. The molecule has 1 aromatic carbocycles. The summed E-state index contributed by atoms with van der Waals surface area (Å²) in [6.07, 6.45) is 3.82. The molecule has 0 aliphatic carbocycles. The van der Waals surface area contributed by atoms with Crippen molar-refractivity contribution in [2.45, 2.75) is 19.4 Å². The number of carbonyl (C=O) groups excluding carboxylic acids is 2. The van der Waals surface area contributed by atoms with Crippen molar-refractivity contribution < 1.29 is 18.4 Å². The van der Waals surface area contributed by atoms with E-state index in [-0.39, 0.29) is 24.8 Å². The first-order valence-electron chi connectivity index (χ1n) is 8.40. The molecule has 1 fully saturated rings. The Balaban J connectivity index is 1.48. The molecule has 136 valence electrons. The van der Waals surface area contributed by atoms with E-state index < -0.39 is 17.6 Å². The Bertz CT molecular complexity index is 778. The summed E-state index contributed by atoms with van der Waals surface area (Å²) in [6.45, 7) is 1.08. The molecule has 26 heavy (non-hydrogen) atoms. The average molecular weight is 359 g/mol. The van der Waals surface area contributed by atoms with Gasteiger partial charge in [-0.25, -0.2) is 8.78 Å². The van der Waals surface area contributed by atoms with Crippen LogP contribution >= 0.6 is 0 Å². The fourth-order valence-corrected chi connectivity index (χ4v) is 3.04. The molecule has 1 N–H and O–H groups in total. The van der Waals surface area contributed by atoms with Crippen LogP contribution in [0.3, 0.4) is 0 Å². The molecule has 2 heterocycles. The van der Waals surface area contributed by atoms with Gasteiger partial charge in [0.25, 0.3) is 0 Å². The molecular formula is C19H19F2N3O2. The molecule has 1 atom stereocenters. The van der Waals surface area contributed by atoms with E-state index in [1.54, 1.807) is 17.3 Å². The minimum absolute atomic E-state index is 0.0610. The van der Waals surface area contributed by atoms with E-state index in [4.69, 9.17) is 0 Å². The maximum atomic E-state index is 13.2. The molecule has 0 spiro atoms. The fourth-order valence-electron chi connectivity index (χ4n) is 3.04. The van der Waals surface area contributed by atoms with Crippen molar-refractivity contribution >= 4 is 11.8 Å². The quantitative estimate of drug-likeness (QED) is 0.859. The number of nitrogens with zero attached hydrogens (tertiary/aromatic N) is 2. The Labute approximate surface area is 150 Å². The number of amides is 2. The molecule has 1 aliphatic rings. The highest BCUT2D eigenvalue weighted by Crippen LogP contribution is 2.20. The number of hydrogen-bond donors (Lipinski definition) is 1. The van der Waals surface area contributed by atoms with Crippen LogP contribution < -0.4 is 5.32 Å². The van der Waals surface area contributed by atoms with Gasteiger partial charge in [-0.2, -0.15) is 0 Å². The van der Waals surface area contributed by atoms with Crippen LogP contribution in [0.25, 0.3) is 0 Å². The monoisotopic (exact) mass is 359 g/mol. The predicted octanol–water partition coefficient (Wildman–Crippen LogP) is 2.07. The molecule has 1 aliphatic heterocycles. The van der Waals surface area contributed by atoms with E-state index in [1.165, 1.54) is 12.1 Å². The largest absolute Gasteiger partial charge is 0.355 e. The van der Waals surface area contributed by atoms with Gasteiger partial charge in [0.15, 0.2) is 0 Å². The van der Waals surface area contributed by atoms with E-state index >= 15 is 0 Å². The lowest BCUT2D eigenvalue weighted by Crippen LogP contribution is -2.34. The molecule has 3 rings (SSSR count). The SMILES string of the molecule is O=C(NCCc1cc(F)cc(F)c1)C1CC(=O)N(Cc2ccncc2)C1. The first-order valence-corrected chi connectivity index (χ1v) is 8.40. The third-order valence-electron chi connectivity index (χ3n) is 4.34. The number of carbonyl (C=O) groups is 2. The normalized spacial score (nSPS) is 16.8. The number of aromatic nitrogens is 1. The summed E-state index contributed by atoms with van der Waals surface area (Å²) in [5.74, 6) is -1.96. The Kier molecular flexibility index (Phi) is 5.55. The summed E-state index contributed by atoms with van der Waals surface area (Å²) >= 11 is 0. The zero-order valence-electron chi connectivity index (χ0n) is 14.1. The van der Waals surface area contributed by atoms with Crippen molar-refractivity contribution in [3.63, 3.8) is 0 Å². The van der Waals surface area contributed by atoms with Gasteiger partial charge in [-0.1, -0.05) is 0 Å². The van der Waals surface area contributed by atoms with Crippen LogP contribution in [0, 0.1) is 17.6 Å². The van der Waals surface area contributed by atoms with Gasteiger partial charge in [0.05, 0.1) is 5.92 Å². The summed E-state index contributed by atoms with van der Waals surface area (Å²) < 4.78 is 26.3. The van der Waals surface area contributed by atoms with Crippen LogP contribution in [-0.4, -0.2) is 34.8 Å². The standard InChI is InChI=1S/C19H19F2N3O2/c20-16-7-14(8-17(21)10-16)3-6-23-19(26)15-9-18(25)24(12-15)11-13-1-4-22-5-2-13/h1-2,4-5,7-8,10,15H,3,6,9,11-12H2,(H,23,26). The highest BCUT2D eigenvalue weighted by molar-refractivity contribution is 5.89. The summed E-state index contributed by atoms with van der Waals surface area (Å²) in [5.41, 5.74) is 1.44. The first-order chi connectivity index (χ1) is 12.5. The topological polar surface area (TPSA) is 62.3 Å². The molecule has 7 heteroatoms. The van der Waals surface area contributed by atoms with E-state index in [9.17, 15) is 18.4 Å². The number of pyridine rings is 1. The Morgan fingerprint density at radius 3 is 2.54 bits per heavy atom. The van der Waals surface area contributed by atoms with Crippen LogP contribution in [0.5, 0.6) is 0 Å². The zero-order valence-corrected chi connectivity index (χ0v) is 14.1. The second kappa shape index (κ2) is 8.03. The second-order valence-electron chi connectivity index (χ2n) is 6.35.